The summed E-state index contributed by atoms with van der Waals surface area (Å²) >= 11 is 0. The van der Waals surface area contributed by atoms with E-state index in [2.05, 4.69) is 47.2 Å². The topological polar surface area (TPSA) is 576 Å². The summed E-state index contributed by atoms with van der Waals surface area (Å²) in [5, 5.41) is 158. The van der Waals surface area contributed by atoms with Gasteiger partial charge in [0, 0.05) is 18.3 Å². The van der Waals surface area contributed by atoms with Gasteiger partial charge in [-0.05, 0) is 23.3 Å². The van der Waals surface area contributed by atoms with Gasteiger partial charge < -0.3 is 144 Å². The number of rotatable bonds is 17. The number of ether oxygens (including phenoxy) is 5. The van der Waals surface area contributed by atoms with Crippen LogP contribution in [-0.2, 0) is 54.1 Å². The van der Waals surface area contributed by atoms with Crippen LogP contribution in [0.15, 0.2) is 64.6 Å². The lowest BCUT2D eigenvalue weighted by atomic mass is 9.90. The van der Waals surface area contributed by atoms with Crippen LogP contribution in [-0.4, -0.2) is 305 Å². The second kappa shape index (κ2) is 30.6. The van der Waals surface area contributed by atoms with Gasteiger partial charge in [-0.15, -0.1) is 0 Å². The molecule has 0 saturated carbocycles. The Morgan fingerprint density at radius 1 is 0.593 bits per heavy atom. The first-order valence-corrected chi connectivity index (χ1v) is 29.2. The molecule has 36 heteroatoms. The minimum absolute atomic E-state index is 0.0416. The maximum Gasteiger partial charge on any atom is 0.246 e. The molecule has 6 aliphatic rings. The van der Waals surface area contributed by atoms with Gasteiger partial charge in [-0.3, -0.25) is 38.8 Å². The second-order valence-corrected chi connectivity index (χ2v) is 22.9. The molecule has 10 unspecified atom stereocenters. The number of guanidine groups is 2. The van der Waals surface area contributed by atoms with Crippen molar-refractivity contribution in [1.82, 2.24) is 42.1 Å². The number of nitrogens with one attached hydrogen (secondary N) is 7. The molecule has 6 amide bonds. The highest BCUT2D eigenvalue weighted by molar-refractivity contribution is 5.98. The first-order valence-electron chi connectivity index (χ1n) is 29.2. The van der Waals surface area contributed by atoms with Gasteiger partial charge in [-0.25, -0.2) is 0 Å². The van der Waals surface area contributed by atoms with Crippen LogP contribution in [0.25, 0.3) is 0 Å². The number of nitrogens with two attached hydrogens (primary N) is 2. The smallest absolute Gasteiger partial charge is 0.246 e. The number of nitrogens with zero attached hydrogens (tertiary/aromatic N) is 3. The molecule has 0 aliphatic carbocycles. The average molecular weight is 1290 g/mol. The van der Waals surface area contributed by atoms with Crippen molar-refractivity contribution in [3.8, 4) is 5.75 Å². The minimum Gasteiger partial charge on any atom is -0.462 e. The Morgan fingerprint density at radius 3 is 1.84 bits per heavy atom. The molecule has 0 bridgehead atoms. The maximum atomic E-state index is 15.1. The molecule has 0 aromatic heterocycles. The van der Waals surface area contributed by atoms with E-state index in [4.69, 9.17) is 35.2 Å². The van der Waals surface area contributed by atoms with Crippen molar-refractivity contribution in [2.45, 2.75) is 167 Å². The summed E-state index contributed by atoms with van der Waals surface area (Å²) in [6, 6.07) is 1.02. The van der Waals surface area contributed by atoms with Crippen molar-refractivity contribution in [2.75, 3.05) is 46.1 Å². The van der Waals surface area contributed by atoms with Crippen LogP contribution in [0.4, 0.5) is 0 Å². The second-order valence-electron chi connectivity index (χ2n) is 22.9. The highest BCUT2D eigenvalue weighted by Gasteiger charge is 2.54. The fourth-order valence-corrected chi connectivity index (χ4v) is 11.4. The summed E-state index contributed by atoms with van der Waals surface area (Å²) in [5.74, 6) is -9.76. The van der Waals surface area contributed by atoms with Gasteiger partial charge in [0.2, 0.25) is 41.7 Å². The summed E-state index contributed by atoms with van der Waals surface area (Å²) in [4.78, 5) is 96.1. The zero-order chi connectivity index (χ0) is 66.3. The molecule has 0 radical (unpaired) electrons. The predicted molar refractivity (Wildman–Crippen MR) is 306 cm³/mol. The van der Waals surface area contributed by atoms with Crippen molar-refractivity contribution in [3.63, 3.8) is 0 Å². The van der Waals surface area contributed by atoms with Crippen LogP contribution in [0.2, 0.25) is 0 Å². The van der Waals surface area contributed by atoms with E-state index in [0.717, 1.165) is 4.90 Å². The normalized spacial score (nSPS) is 37.5. The Kier molecular flexibility index (Phi) is 23.4. The monoisotopic (exact) mass is 1290 g/mol. The fourth-order valence-electron chi connectivity index (χ4n) is 11.4. The van der Waals surface area contributed by atoms with E-state index in [1.54, 1.807) is 37.3 Å². The molecule has 24 N–H and O–H groups in total. The molecule has 36 nitrogen and oxygen atoms in total. The number of aliphatic imine (C=N–C) groups is 2. The maximum absolute atomic E-state index is 15.1. The number of hydrogen-bond acceptors (Lipinski definition) is 30. The van der Waals surface area contributed by atoms with Crippen molar-refractivity contribution in [3.05, 3.63) is 65.7 Å². The standard InChI is InChI=1S/C55H80N12O24/c1-20(23-6-4-3-5-7-23)33-48(84)61-25(12-22-8-10-24(11-9-22)87-53-44(81)42(79)45(31(19-71)90-53)91-52-37(74)21(2)36(73)29(17-69)89-52)47(83)65-34(38(75)26-13-59-54(56)63-26)50(86)66-35(49(85)62-27(16-68)46(82)58-15-32(72)64-33)39(76)28-14-60-55(57)67(28)51-43(80)41(78)40(77)30(18-70)88-51/h3-11,20-21,25-31,33-45,51-53,68-71,73-81H,12-19H2,1-2H3,(H2,57,60)(H,58,82)(H,61,84)(H,62,85)(H,64,72)(H,65,83)(H,66,86)(H3,56,59,63)/t20?,21-,25?,26?,27?,28?,29+,30+,31+,33?,34?,35?,36-,37-,38?,39?,40+,41-,42+,43-,44-,45+,51-,52+,53-/m0/s1. The van der Waals surface area contributed by atoms with E-state index in [0.29, 0.717) is 5.56 Å². The Balaban J connectivity index is 1.11. The zero-order valence-electron chi connectivity index (χ0n) is 49.1. The summed E-state index contributed by atoms with van der Waals surface area (Å²) < 4.78 is 28.7. The lowest BCUT2D eigenvalue weighted by Gasteiger charge is -2.46. The predicted octanol–water partition coefficient (Wildman–Crippen LogP) is -12.3. The molecule has 91 heavy (non-hydrogen) atoms. The van der Waals surface area contributed by atoms with E-state index in [9.17, 15) is 85.6 Å². The number of aliphatic hydroxyl groups is 13. The molecule has 25 atom stereocenters. The van der Waals surface area contributed by atoms with Crippen LogP contribution in [0.3, 0.4) is 0 Å². The summed E-state index contributed by atoms with van der Waals surface area (Å²) in [7, 11) is 0. The Labute approximate surface area is 518 Å². The van der Waals surface area contributed by atoms with E-state index in [-0.39, 0.29) is 23.8 Å². The van der Waals surface area contributed by atoms with Gasteiger partial charge >= 0.3 is 0 Å². The summed E-state index contributed by atoms with van der Waals surface area (Å²) in [6.45, 7) is -2.24. The first-order chi connectivity index (χ1) is 43.3. The van der Waals surface area contributed by atoms with Crippen LogP contribution < -0.4 is 53.4 Å². The minimum atomic E-state index is -2.34. The summed E-state index contributed by atoms with van der Waals surface area (Å²) in [5.41, 5.74) is 12.9. The highest BCUT2D eigenvalue weighted by Crippen LogP contribution is 2.33. The first kappa shape index (κ1) is 69.8. The average Bonchev–Trinajstić information content (AvgIpc) is 1.85. The molecule has 6 heterocycles. The largest absolute Gasteiger partial charge is 0.462 e. The number of amides is 6. The molecule has 8 rings (SSSR count). The van der Waals surface area contributed by atoms with Crippen molar-refractivity contribution in [2.24, 2.45) is 27.4 Å². The third-order valence-electron chi connectivity index (χ3n) is 16.9. The van der Waals surface area contributed by atoms with Gasteiger partial charge in [0.15, 0.2) is 24.4 Å². The Morgan fingerprint density at radius 2 is 1.20 bits per heavy atom. The van der Waals surface area contributed by atoms with Gasteiger partial charge in [-0.2, -0.15) is 0 Å². The number of carbonyl (C=O) groups is 6. The fraction of sp³-hybridized carbons (Fsp3) is 0.636. The van der Waals surface area contributed by atoms with Crippen LogP contribution in [0.1, 0.15) is 30.9 Å². The van der Waals surface area contributed by atoms with Crippen molar-refractivity contribution < 1.29 is 119 Å². The molecule has 4 fully saturated rings. The number of benzene rings is 2. The van der Waals surface area contributed by atoms with E-state index in [1.165, 1.54) is 31.2 Å². The third kappa shape index (κ3) is 15.7. The van der Waals surface area contributed by atoms with Gasteiger partial charge in [0.05, 0.1) is 64.2 Å². The molecule has 2 aromatic rings. The van der Waals surface area contributed by atoms with E-state index >= 15 is 9.59 Å². The number of hydrogen-bond donors (Lipinski definition) is 22. The van der Waals surface area contributed by atoms with Gasteiger partial charge in [0.1, 0.15) is 109 Å². The molecular weight excluding hydrogens is 1210 g/mol. The van der Waals surface area contributed by atoms with Crippen molar-refractivity contribution in [1.29, 1.82) is 0 Å². The Bertz CT molecular complexity index is 2900. The third-order valence-corrected chi connectivity index (χ3v) is 16.9. The zero-order valence-corrected chi connectivity index (χ0v) is 49.1. The quantitative estimate of drug-likeness (QED) is 0.0699. The number of carbonyl (C=O) groups excluding carboxylic acids is 6. The van der Waals surface area contributed by atoms with Gasteiger partial charge in [-0.1, -0.05) is 56.3 Å². The summed E-state index contributed by atoms with van der Waals surface area (Å²) in [6.07, 6.45) is -28.0. The SMILES string of the molecule is CC(c1ccccc1)C1NC(=O)CNC(=O)C(CO)NC(=O)C(C(O)C2CN=C(N)N2[C@H]2O[C@H](CO)[C@@H](O)[C@H](O)[C@@H]2O)NC(=O)C(C(O)C2CN=C(N)N2)NC(=O)C(Cc2ccc(O[C@H]3O[C@H](CO)[C@@H](O[C@H]4O[C@H](CO)[C@@H](O)[C@H](C)[C@@H]4O)[C@H](O)[C@@H]3O)cc2)NC1=O. The van der Waals surface area contributed by atoms with Gasteiger partial charge in [0.25, 0.3) is 0 Å². The van der Waals surface area contributed by atoms with Crippen LogP contribution in [0, 0.1) is 5.92 Å². The molecular formula is C55H80N12O24. The van der Waals surface area contributed by atoms with Crippen LogP contribution >= 0.6 is 0 Å². The molecule has 4 saturated heterocycles. The van der Waals surface area contributed by atoms with E-state index < -0.39 is 240 Å². The Hall–Kier alpha value is -7.08. The molecule has 2 aromatic carbocycles. The highest BCUT2D eigenvalue weighted by atomic mass is 16.7. The number of aliphatic hydroxyl groups excluding tert-OH is 13. The van der Waals surface area contributed by atoms with Crippen LogP contribution in [0.5, 0.6) is 5.75 Å². The molecule has 6 aliphatic heterocycles. The van der Waals surface area contributed by atoms with E-state index in [1.807, 2.05) is 0 Å². The van der Waals surface area contributed by atoms with Crippen molar-refractivity contribution >= 4 is 47.4 Å². The lowest BCUT2D eigenvalue weighted by molar-refractivity contribution is -0.347. The lowest BCUT2D eigenvalue weighted by Crippen LogP contribution is -2.70. The molecule has 504 valence electrons. The molecule has 0 spiro atoms.